The Morgan fingerprint density at radius 3 is 1.50 bits per heavy atom. The van der Waals surface area contributed by atoms with E-state index in [-0.39, 0.29) is 11.5 Å². The summed E-state index contributed by atoms with van der Waals surface area (Å²) in [5, 5.41) is 22.9. The molecular formula is C26H18N4O2. The van der Waals surface area contributed by atoms with Crippen molar-refractivity contribution in [3.63, 3.8) is 0 Å². The number of aliphatic imine (C=N–C) groups is 2. The third-order valence-corrected chi connectivity index (χ3v) is 5.08. The van der Waals surface area contributed by atoms with Crippen LogP contribution in [0.25, 0.3) is 21.8 Å². The lowest BCUT2D eigenvalue weighted by atomic mass is 10.1. The van der Waals surface area contributed by atoms with Gasteiger partial charge in [0.25, 0.3) is 0 Å². The highest BCUT2D eigenvalue weighted by molar-refractivity contribution is 5.96. The van der Waals surface area contributed by atoms with Gasteiger partial charge >= 0.3 is 0 Å². The van der Waals surface area contributed by atoms with E-state index in [0.717, 1.165) is 21.8 Å². The lowest BCUT2D eigenvalue weighted by Crippen LogP contribution is -1.89. The second-order valence-electron chi connectivity index (χ2n) is 7.19. The van der Waals surface area contributed by atoms with E-state index < -0.39 is 0 Å². The number of benzene rings is 3. The Hall–Kier alpha value is -4.58. The fourth-order valence-corrected chi connectivity index (χ4v) is 3.48. The molecule has 3 aromatic carbocycles. The number of nitrogens with zero attached hydrogens (tertiary/aromatic N) is 4. The molecule has 0 saturated carbocycles. The van der Waals surface area contributed by atoms with Gasteiger partial charge in [-0.2, -0.15) is 0 Å². The zero-order chi connectivity index (χ0) is 21.9. The first-order chi connectivity index (χ1) is 15.7. The first kappa shape index (κ1) is 19.4. The van der Waals surface area contributed by atoms with Gasteiger partial charge in [0.05, 0.1) is 22.4 Å². The van der Waals surface area contributed by atoms with Gasteiger partial charge in [-0.15, -0.1) is 0 Å². The zero-order valence-electron chi connectivity index (χ0n) is 16.9. The van der Waals surface area contributed by atoms with Crippen molar-refractivity contribution < 1.29 is 10.2 Å². The molecule has 5 rings (SSSR count). The van der Waals surface area contributed by atoms with Gasteiger partial charge in [-0.3, -0.25) is 20.0 Å². The second-order valence-corrected chi connectivity index (χ2v) is 7.19. The van der Waals surface area contributed by atoms with Crippen LogP contribution < -0.4 is 0 Å². The summed E-state index contributed by atoms with van der Waals surface area (Å²) in [5.41, 5.74) is 3.66. The number of phenols is 2. The van der Waals surface area contributed by atoms with E-state index >= 15 is 0 Å². The largest absolute Gasteiger partial charge is 0.507 e. The fourth-order valence-electron chi connectivity index (χ4n) is 3.48. The molecule has 154 valence electrons. The van der Waals surface area contributed by atoms with Gasteiger partial charge < -0.3 is 10.2 Å². The highest BCUT2D eigenvalue weighted by Gasteiger charge is 2.08. The van der Waals surface area contributed by atoms with Gasteiger partial charge in [-0.25, -0.2) is 0 Å². The molecule has 32 heavy (non-hydrogen) atoms. The first-order valence-electron chi connectivity index (χ1n) is 10.0. The van der Waals surface area contributed by atoms with Crippen LogP contribution in [0.4, 0.5) is 11.4 Å². The number of rotatable bonds is 4. The molecule has 0 spiro atoms. The predicted octanol–water partition coefficient (Wildman–Crippen LogP) is 5.70. The minimum atomic E-state index is -0.0164. The van der Waals surface area contributed by atoms with Crippen LogP contribution in [0.5, 0.6) is 11.5 Å². The maximum Gasteiger partial charge on any atom is 0.125 e. The molecule has 2 aromatic heterocycles. The van der Waals surface area contributed by atoms with Gasteiger partial charge in [-0.1, -0.05) is 36.4 Å². The maximum atomic E-state index is 10.5. The molecule has 2 heterocycles. The Morgan fingerprint density at radius 1 is 0.594 bits per heavy atom. The van der Waals surface area contributed by atoms with Crippen LogP contribution in [0, 0.1) is 0 Å². The summed E-state index contributed by atoms with van der Waals surface area (Å²) in [6.07, 6.45) is 6.44. The molecule has 0 fully saturated rings. The molecular weight excluding hydrogens is 400 g/mol. The van der Waals surface area contributed by atoms with E-state index in [1.165, 1.54) is 24.6 Å². The topological polar surface area (TPSA) is 91.0 Å². The summed E-state index contributed by atoms with van der Waals surface area (Å²) in [6, 6.07) is 22.0. The summed E-state index contributed by atoms with van der Waals surface area (Å²) < 4.78 is 0. The molecule has 0 aliphatic heterocycles. The van der Waals surface area contributed by atoms with Crippen LogP contribution in [0.15, 0.2) is 95.2 Å². The number of fused-ring (bicyclic) bond motifs is 2. The molecule has 0 bridgehead atoms. The van der Waals surface area contributed by atoms with Crippen molar-refractivity contribution in [3.8, 4) is 11.5 Å². The molecule has 0 atom stereocenters. The number of para-hydroxylation sites is 2. The monoisotopic (exact) mass is 418 g/mol. The van der Waals surface area contributed by atoms with Crippen molar-refractivity contribution in [3.05, 3.63) is 96.3 Å². The van der Waals surface area contributed by atoms with Crippen LogP contribution in [0.1, 0.15) is 11.1 Å². The molecule has 6 nitrogen and oxygen atoms in total. The van der Waals surface area contributed by atoms with Crippen LogP contribution in [-0.4, -0.2) is 32.6 Å². The average molecular weight is 418 g/mol. The van der Waals surface area contributed by atoms with Gasteiger partial charge in [-0.05, 0) is 36.4 Å². The van der Waals surface area contributed by atoms with Crippen LogP contribution in [0.3, 0.4) is 0 Å². The van der Waals surface area contributed by atoms with Crippen LogP contribution in [0.2, 0.25) is 0 Å². The molecule has 0 aliphatic rings. The highest BCUT2D eigenvalue weighted by Crippen LogP contribution is 2.29. The van der Waals surface area contributed by atoms with Gasteiger partial charge in [0.15, 0.2) is 0 Å². The Kier molecular flexibility index (Phi) is 5.01. The normalized spacial score (nSPS) is 11.8. The van der Waals surface area contributed by atoms with E-state index in [2.05, 4.69) is 20.0 Å². The van der Waals surface area contributed by atoms with E-state index in [1.54, 1.807) is 12.4 Å². The van der Waals surface area contributed by atoms with Gasteiger partial charge in [0, 0.05) is 46.7 Å². The maximum absolute atomic E-state index is 10.5. The number of hydrogen-bond donors (Lipinski definition) is 2. The third-order valence-electron chi connectivity index (χ3n) is 5.08. The summed E-state index contributed by atoms with van der Waals surface area (Å²) in [4.78, 5) is 17.7. The number of pyridine rings is 2. The summed E-state index contributed by atoms with van der Waals surface area (Å²) >= 11 is 0. The summed E-state index contributed by atoms with van der Waals surface area (Å²) in [6.45, 7) is 0. The molecule has 0 saturated heterocycles. The van der Waals surface area contributed by atoms with Crippen molar-refractivity contribution in [1.29, 1.82) is 0 Å². The van der Waals surface area contributed by atoms with E-state index in [4.69, 9.17) is 0 Å². The molecule has 0 radical (unpaired) electrons. The van der Waals surface area contributed by atoms with Crippen molar-refractivity contribution in [2.75, 3.05) is 0 Å². The quantitative estimate of drug-likeness (QED) is 0.289. The van der Waals surface area contributed by atoms with E-state index in [9.17, 15) is 10.2 Å². The molecule has 2 N–H and O–H groups in total. The number of hydrogen-bond acceptors (Lipinski definition) is 6. The third kappa shape index (κ3) is 3.77. The second kappa shape index (κ2) is 8.28. The standard InChI is InChI=1S/C26H18N4O2/c31-23-14-20(16-30-22-10-2-6-18-8-4-12-28-26(18)22)24(32)13-19(23)15-29-21-9-1-5-17-7-3-11-27-25(17)21/h1-16,31-32H. The molecule has 5 aromatic rings. The molecule has 0 aliphatic carbocycles. The highest BCUT2D eigenvalue weighted by atomic mass is 16.3. The first-order valence-corrected chi connectivity index (χ1v) is 10.0. The summed E-state index contributed by atoms with van der Waals surface area (Å²) in [7, 11) is 0. The summed E-state index contributed by atoms with van der Waals surface area (Å²) in [5.74, 6) is -0.0329. The van der Waals surface area contributed by atoms with Gasteiger partial charge in [0.2, 0.25) is 0 Å². The molecule has 0 amide bonds. The van der Waals surface area contributed by atoms with Crippen molar-refractivity contribution in [1.82, 2.24) is 9.97 Å². The van der Waals surface area contributed by atoms with Gasteiger partial charge in [0.1, 0.15) is 11.5 Å². The average Bonchev–Trinajstić information content (AvgIpc) is 2.83. The minimum Gasteiger partial charge on any atom is -0.507 e. The Bertz CT molecular complexity index is 1380. The minimum absolute atomic E-state index is 0.0164. The molecule has 0 unspecified atom stereocenters. The smallest absolute Gasteiger partial charge is 0.125 e. The Balaban J connectivity index is 1.45. The SMILES string of the molecule is Oc1cc(C=Nc2cccc3cccnc23)c(O)cc1C=Nc1cccc2cccnc12. The van der Waals surface area contributed by atoms with Crippen molar-refractivity contribution in [2.45, 2.75) is 0 Å². The van der Waals surface area contributed by atoms with E-state index in [0.29, 0.717) is 22.5 Å². The number of phenolic OH excluding ortho intramolecular Hbond substituents is 2. The fraction of sp³-hybridized carbons (Fsp3) is 0. The Labute approximate surface area is 183 Å². The lowest BCUT2D eigenvalue weighted by Gasteiger charge is -2.05. The van der Waals surface area contributed by atoms with Crippen LogP contribution in [-0.2, 0) is 0 Å². The lowest BCUT2D eigenvalue weighted by molar-refractivity contribution is 0.459. The molecule has 6 heteroatoms. The Morgan fingerprint density at radius 2 is 1.03 bits per heavy atom. The number of aromatic hydroxyl groups is 2. The van der Waals surface area contributed by atoms with Crippen LogP contribution >= 0.6 is 0 Å². The van der Waals surface area contributed by atoms with Crippen molar-refractivity contribution in [2.24, 2.45) is 9.98 Å². The predicted molar refractivity (Wildman–Crippen MR) is 128 cm³/mol. The van der Waals surface area contributed by atoms with Crippen molar-refractivity contribution >= 4 is 45.6 Å². The zero-order valence-corrected chi connectivity index (χ0v) is 16.9. The number of aromatic nitrogens is 2. The van der Waals surface area contributed by atoms with E-state index in [1.807, 2.05) is 60.7 Å².